The van der Waals surface area contributed by atoms with Gasteiger partial charge in [-0.3, -0.25) is 0 Å². The van der Waals surface area contributed by atoms with Crippen LogP contribution in [0.1, 0.15) is 18.9 Å². The molecule has 0 heterocycles. The zero-order valence-corrected chi connectivity index (χ0v) is 11.7. The van der Waals surface area contributed by atoms with Crippen LogP contribution in [0.4, 0.5) is 10.5 Å². The number of hydrogen-bond acceptors (Lipinski definition) is 2. The third-order valence-electron chi connectivity index (χ3n) is 2.38. The minimum atomic E-state index is -1.05. The number of aliphatic carboxylic acids is 1. The van der Waals surface area contributed by atoms with E-state index >= 15 is 0 Å². The van der Waals surface area contributed by atoms with Gasteiger partial charge < -0.3 is 15.7 Å². The van der Waals surface area contributed by atoms with Crippen molar-refractivity contribution in [1.29, 1.82) is 0 Å². The molecule has 6 heteroatoms. The van der Waals surface area contributed by atoms with Crippen molar-refractivity contribution in [2.45, 2.75) is 26.3 Å². The summed E-state index contributed by atoms with van der Waals surface area (Å²) < 4.78 is 0.742. The van der Waals surface area contributed by atoms with Crippen LogP contribution in [0.2, 0.25) is 0 Å². The molecule has 0 radical (unpaired) electrons. The summed E-state index contributed by atoms with van der Waals surface area (Å²) in [6.07, 6.45) is 0.331. The summed E-state index contributed by atoms with van der Waals surface area (Å²) >= 11 is 3.31. The molecule has 0 fully saturated rings. The lowest BCUT2D eigenvalue weighted by Gasteiger charge is -2.14. The Morgan fingerprint density at radius 2 is 2.11 bits per heavy atom. The van der Waals surface area contributed by atoms with Crippen molar-refractivity contribution >= 4 is 33.6 Å². The van der Waals surface area contributed by atoms with E-state index in [1.165, 1.54) is 0 Å². The van der Waals surface area contributed by atoms with Gasteiger partial charge in [0.1, 0.15) is 6.04 Å². The fourth-order valence-electron chi connectivity index (χ4n) is 1.39. The van der Waals surface area contributed by atoms with Crippen molar-refractivity contribution in [3.63, 3.8) is 0 Å². The predicted octanol–water partition coefficient (Wildman–Crippen LogP) is 2.74. The highest BCUT2D eigenvalue weighted by atomic mass is 79.9. The molecule has 0 aromatic heterocycles. The highest BCUT2D eigenvalue weighted by Gasteiger charge is 2.17. The molecule has 0 unspecified atom stereocenters. The fraction of sp³-hybridized carbons (Fsp3) is 0.333. The number of carbonyl (C=O) groups excluding carboxylic acids is 1. The number of rotatable bonds is 4. The second-order valence-electron chi connectivity index (χ2n) is 3.88. The largest absolute Gasteiger partial charge is 0.480 e. The van der Waals surface area contributed by atoms with Crippen molar-refractivity contribution in [1.82, 2.24) is 5.32 Å². The number of aryl methyl sites for hydroxylation is 1. The number of benzene rings is 1. The van der Waals surface area contributed by atoms with Crippen LogP contribution >= 0.6 is 15.9 Å². The van der Waals surface area contributed by atoms with Crippen molar-refractivity contribution in [3.05, 3.63) is 28.2 Å². The van der Waals surface area contributed by atoms with Crippen molar-refractivity contribution < 1.29 is 14.7 Å². The van der Waals surface area contributed by atoms with E-state index in [-0.39, 0.29) is 0 Å². The van der Waals surface area contributed by atoms with E-state index < -0.39 is 18.0 Å². The zero-order chi connectivity index (χ0) is 13.7. The Morgan fingerprint density at radius 3 is 2.67 bits per heavy atom. The monoisotopic (exact) mass is 314 g/mol. The number of anilines is 1. The Hall–Kier alpha value is -1.56. The van der Waals surface area contributed by atoms with Crippen LogP contribution < -0.4 is 10.6 Å². The SMILES string of the molecule is CC[C@H](NC(=O)Nc1cc(C)ccc1Br)C(=O)O. The molecule has 2 amide bonds. The lowest BCUT2D eigenvalue weighted by Crippen LogP contribution is -2.42. The summed E-state index contributed by atoms with van der Waals surface area (Å²) in [5.41, 5.74) is 1.60. The van der Waals surface area contributed by atoms with E-state index in [4.69, 9.17) is 5.11 Å². The van der Waals surface area contributed by atoms with Crippen LogP contribution in [0.5, 0.6) is 0 Å². The molecule has 5 nitrogen and oxygen atoms in total. The van der Waals surface area contributed by atoms with Crippen molar-refractivity contribution in [2.24, 2.45) is 0 Å². The summed E-state index contributed by atoms with van der Waals surface area (Å²) in [6, 6.07) is 4.11. The molecule has 3 N–H and O–H groups in total. The zero-order valence-electron chi connectivity index (χ0n) is 10.2. The summed E-state index contributed by atoms with van der Waals surface area (Å²) in [4.78, 5) is 22.4. The van der Waals surface area contributed by atoms with E-state index in [2.05, 4.69) is 26.6 Å². The molecule has 1 aromatic rings. The maximum atomic E-state index is 11.6. The predicted molar refractivity (Wildman–Crippen MR) is 72.7 cm³/mol. The molecule has 0 saturated carbocycles. The molecule has 0 aliphatic carbocycles. The number of urea groups is 1. The van der Waals surface area contributed by atoms with E-state index in [9.17, 15) is 9.59 Å². The molecule has 1 rings (SSSR count). The molecule has 18 heavy (non-hydrogen) atoms. The summed E-state index contributed by atoms with van der Waals surface area (Å²) in [6.45, 7) is 3.60. The maximum absolute atomic E-state index is 11.6. The van der Waals surface area contributed by atoms with Crippen LogP contribution in [0.15, 0.2) is 22.7 Å². The van der Waals surface area contributed by atoms with Crippen molar-refractivity contribution in [2.75, 3.05) is 5.32 Å². The highest BCUT2D eigenvalue weighted by molar-refractivity contribution is 9.10. The van der Waals surface area contributed by atoms with Gasteiger partial charge in [-0.15, -0.1) is 0 Å². The average Bonchev–Trinajstić information content (AvgIpc) is 2.30. The average molecular weight is 315 g/mol. The summed E-state index contributed by atoms with van der Waals surface area (Å²) in [5, 5.41) is 13.8. The normalized spacial score (nSPS) is 11.7. The number of amides is 2. The molecular formula is C12H15BrN2O3. The van der Waals surface area contributed by atoms with Gasteiger partial charge >= 0.3 is 12.0 Å². The van der Waals surface area contributed by atoms with Crippen LogP contribution in [0.25, 0.3) is 0 Å². The Morgan fingerprint density at radius 1 is 1.44 bits per heavy atom. The number of carboxylic acids is 1. The first-order valence-electron chi connectivity index (χ1n) is 5.50. The van der Waals surface area contributed by atoms with E-state index in [1.807, 2.05) is 19.1 Å². The van der Waals surface area contributed by atoms with Crippen LogP contribution in [0, 0.1) is 6.92 Å². The molecule has 0 aliphatic heterocycles. The standard InChI is InChI=1S/C12H15BrN2O3/c1-3-9(11(16)17)14-12(18)15-10-6-7(2)4-5-8(10)13/h4-6,9H,3H2,1-2H3,(H,16,17)(H2,14,15,18)/t9-/m0/s1. The van der Waals surface area contributed by atoms with E-state index in [0.29, 0.717) is 12.1 Å². The molecule has 1 atom stereocenters. The number of hydrogen-bond donors (Lipinski definition) is 3. The molecule has 0 spiro atoms. The second kappa shape index (κ2) is 6.39. The fourth-order valence-corrected chi connectivity index (χ4v) is 1.74. The molecular weight excluding hydrogens is 300 g/mol. The quantitative estimate of drug-likeness (QED) is 0.799. The minimum Gasteiger partial charge on any atom is -0.480 e. The van der Waals surface area contributed by atoms with E-state index in [1.54, 1.807) is 13.0 Å². The lowest BCUT2D eigenvalue weighted by molar-refractivity contribution is -0.139. The van der Waals surface area contributed by atoms with Crippen LogP contribution in [0.3, 0.4) is 0 Å². The van der Waals surface area contributed by atoms with E-state index in [0.717, 1.165) is 10.0 Å². The van der Waals surface area contributed by atoms with Gasteiger partial charge in [0.2, 0.25) is 0 Å². The molecule has 1 aromatic carbocycles. The molecule has 0 saturated heterocycles. The van der Waals surface area contributed by atoms with Crippen LogP contribution in [-0.2, 0) is 4.79 Å². The number of carboxylic acid groups (broad SMARTS) is 1. The first-order chi connectivity index (χ1) is 8.43. The summed E-state index contributed by atoms with van der Waals surface area (Å²) in [5.74, 6) is -1.05. The number of nitrogens with one attached hydrogen (secondary N) is 2. The Balaban J connectivity index is 2.70. The lowest BCUT2D eigenvalue weighted by atomic mass is 10.2. The molecule has 98 valence electrons. The third kappa shape index (κ3) is 4.03. The Kier molecular flexibility index (Phi) is 5.15. The topological polar surface area (TPSA) is 78.4 Å². The van der Waals surface area contributed by atoms with Crippen molar-refractivity contribution in [3.8, 4) is 0 Å². The van der Waals surface area contributed by atoms with Gasteiger partial charge in [0.25, 0.3) is 0 Å². The molecule has 0 aliphatic rings. The maximum Gasteiger partial charge on any atom is 0.326 e. The Bertz CT molecular complexity index is 463. The highest BCUT2D eigenvalue weighted by Crippen LogP contribution is 2.23. The smallest absolute Gasteiger partial charge is 0.326 e. The number of halogens is 1. The second-order valence-corrected chi connectivity index (χ2v) is 4.74. The summed E-state index contributed by atoms with van der Waals surface area (Å²) in [7, 11) is 0. The Labute approximate surface area is 114 Å². The third-order valence-corrected chi connectivity index (χ3v) is 3.07. The van der Waals surface area contributed by atoms with Gasteiger partial charge in [0, 0.05) is 4.47 Å². The first-order valence-corrected chi connectivity index (χ1v) is 6.29. The van der Waals surface area contributed by atoms with Gasteiger partial charge in [-0.25, -0.2) is 9.59 Å². The van der Waals surface area contributed by atoms with Gasteiger partial charge in [-0.2, -0.15) is 0 Å². The number of carbonyl (C=O) groups is 2. The van der Waals surface area contributed by atoms with Gasteiger partial charge in [-0.1, -0.05) is 13.0 Å². The first kappa shape index (κ1) is 14.5. The minimum absolute atomic E-state index is 0.331. The van der Waals surface area contributed by atoms with Gasteiger partial charge in [0.15, 0.2) is 0 Å². The van der Waals surface area contributed by atoms with Gasteiger partial charge in [0.05, 0.1) is 5.69 Å². The molecule has 0 bridgehead atoms. The van der Waals surface area contributed by atoms with Crippen LogP contribution in [-0.4, -0.2) is 23.1 Å². The van der Waals surface area contributed by atoms with Gasteiger partial charge in [-0.05, 0) is 47.0 Å².